The summed E-state index contributed by atoms with van der Waals surface area (Å²) in [4.78, 5) is 37.6. The van der Waals surface area contributed by atoms with E-state index >= 15 is 0 Å². The van der Waals surface area contributed by atoms with Crippen molar-refractivity contribution < 1.29 is 29.0 Å². The molecular weight excluding hydrogens is 376 g/mol. The summed E-state index contributed by atoms with van der Waals surface area (Å²) in [5.41, 5.74) is 1.64. The minimum atomic E-state index is -0.831. The fraction of sp³-hybridized carbons (Fsp3) is 0.476. The number of nitrogens with one attached hydrogen (secondary N) is 1. The minimum absolute atomic E-state index is 0.104. The van der Waals surface area contributed by atoms with Crippen LogP contribution in [0.3, 0.4) is 0 Å². The number of hydrogen-bond acceptors (Lipinski definition) is 5. The molecule has 8 nitrogen and oxygen atoms in total. The number of allylic oxidation sites excluding steroid dienone is 1. The number of urea groups is 1. The van der Waals surface area contributed by atoms with E-state index in [2.05, 4.69) is 5.32 Å². The molecule has 0 aromatic heterocycles. The van der Waals surface area contributed by atoms with Gasteiger partial charge in [0, 0.05) is 18.7 Å². The van der Waals surface area contributed by atoms with Crippen LogP contribution in [0.2, 0.25) is 0 Å². The van der Waals surface area contributed by atoms with Crippen LogP contribution < -0.4 is 10.1 Å². The second kappa shape index (κ2) is 10.5. The zero-order chi connectivity index (χ0) is 21.4. The Morgan fingerprint density at radius 3 is 2.66 bits per heavy atom. The fourth-order valence-electron chi connectivity index (χ4n) is 3.32. The first-order valence-corrected chi connectivity index (χ1v) is 9.70. The average Bonchev–Trinajstić information content (AvgIpc) is 2.69. The number of aliphatic carboxylic acids is 1. The molecule has 0 spiro atoms. The third-order valence-corrected chi connectivity index (χ3v) is 4.79. The number of carbonyl (C=O) groups is 3. The van der Waals surface area contributed by atoms with Crippen LogP contribution in [0.15, 0.2) is 35.5 Å². The summed E-state index contributed by atoms with van der Waals surface area (Å²) in [7, 11) is 1.55. The van der Waals surface area contributed by atoms with Crippen molar-refractivity contribution in [3.05, 3.63) is 41.1 Å². The van der Waals surface area contributed by atoms with Crippen LogP contribution in [0.5, 0.6) is 5.75 Å². The molecule has 0 aliphatic carbocycles. The molecule has 1 aromatic rings. The highest BCUT2D eigenvalue weighted by Gasteiger charge is 2.36. The van der Waals surface area contributed by atoms with Gasteiger partial charge in [0.15, 0.2) is 0 Å². The topological polar surface area (TPSA) is 105 Å². The van der Waals surface area contributed by atoms with Crippen LogP contribution >= 0.6 is 0 Å². The Morgan fingerprint density at radius 1 is 1.24 bits per heavy atom. The van der Waals surface area contributed by atoms with Crippen molar-refractivity contribution in [1.82, 2.24) is 10.2 Å². The lowest BCUT2D eigenvalue weighted by Crippen LogP contribution is -2.48. The number of unbranched alkanes of at least 4 members (excludes halogenated alkanes) is 2. The van der Waals surface area contributed by atoms with Gasteiger partial charge in [-0.2, -0.15) is 0 Å². The lowest BCUT2D eigenvalue weighted by atomic mass is 9.94. The predicted octanol–water partition coefficient (Wildman–Crippen LogP) is 3.24. The highest BCUT2D eigenvalue weighted by Crippen LogP contribution is 2.33. The first kappa shape index (κ1) is 22.3. The SMILES string of the molecule is CCOC(=O)C1=C(C)N(CCCCCC(=O)O)C(=O)NC1c1cccc(OC)c1. The molecule has 29 heavy (non-hydrogen) atoms. The van der Waals surface area contributed by atoms with E-state index < -0.39 is 18.0 Å². The molecule has 8 heteroatoms. The molecule has 0 saturated carbocycles. The van der Waals surface area contributed by atoms with Crippen molar-refractivity contribution in [2.45, 2.75) is 45.6 Å². The normalized spacial score (nSPS) is 16.4. The van der Waals surface area contributed by atoms with E-state index in [0.29, 0.717) is 42.8 Å². The summed E-state index contributed by atoms with van der Waals surface area (Å²) in [5.74, 6) is -0.685. The zero-order valence-electron chi connectivity index (χ0n) is 17.1. The van der Waals surface area contributed by atoms with Crippen molar-refractivity contribution in [3.63, 3.8) is 0 Å². The van der Waals surface area contributed by atoms with E-state index in [-0.39, 0.29) is 19.1 Å². The summed E-state index contributed by atoms with van der Waals surface area (Å²) in [6.45, 7) is 4.08. The van der Waals surface area contributed by atoms with Gasteiger partial charge in [-0.25, -0.2) is 9.59 Å². The second-order valence-corrected chi connectivity index (χ2v) is 6.73. The number of rotatable bonds is 10. The van der Waals surface area contributed by atoms with Crippen molar-refractivity contribution in [3.8, 4) is 5.75 Å². The number of amides is 2. The van der Waals surface area contributed by atoms with Crippen LogP contribution in [-0.2, 0) is 14.3 Å². The van der Waals surface area contributed by atoms with Gasteiger partial charge in [-0.1, -0.05) is 18.6 Å². The first-order chi connectivity index (χ1) is 13.9. The van der Waals surface area contributed by atoms with Gasteiger partial charge in [-0.15, -0.1) is 0 Å². The maximum atomic E-state index is 12.7. The van der Waals surface area contributed by atoms with Gasteiger partial charge in [0.25, 0.3) is 0 Å². The largest absolute Gasteiger partial charge is 0.497 e. The lowest BCUT2D eigenvalue weighted by Gasteiger charge is -2.35. The molecule has 2 rings (SSSR count). The molecule has 2 N–H and O–H groups in total. The molecule has 0 saturated heterocycles. The number of carboxylic acid groups (broad SMARTS) is 1. The molecule has 0 fully saturated rings. The fourth-order valence-corrected chi connectivity index (χ4v) is 3.32. The number of benzene rings is 1. The molecule has 1 aliphatic heterocycles. The van der Waals surface area contributed by atoms with Gasteiger partial charge in [0.05, 0.1) is 25.3 Å². The van der Waals surface area contributed by atoms with E-state index in [1.54, 1.807) is 39.2 Å². The lowest BCUT2D eigenvalue weighted by molar-refractivity contribution is -0.139. The van der Waals surface area contributed by atoms with E-state index in [1.165, 1.54) is 4.90 Å². The van der Waals surface area contributed by atoms with Crippen molar-refractivity contribution in [1.29, 1.82) is 0 Å². The zero-order valence-corrected chi connectivity index (χ0v) is 17.1. The summed E-state index contributed by atoms with van der Waals surface area (Å²) in [5, 5.41) is 11.6. The van der Waals surface area contributed by atoms with E-state index in [1.807, 2.05) is 6.07 Å². The number of nitrogens with zero attached hydrogens (tertiary/aromatic N) is 1. The Labute approximate surface area is 170 Å². The smallest absolute Gasteiger partial charge is 0.338 e. The molecule has 0 bridgehead atoms. The van der Waals surface area contributed by atoms with Crippen molar-refractivity contribution in [2.75, 3.05) is 20.3 Å². The number of ether oxygens (including phenoxy) is 2. The van der Waals surface area contributed by atoms with Gasteiger partial charge in [-0.05, 0) is 44.4 Å². The van der Waals surface area contributed by atoms with Crippen molar-refractivity contribution >= 4 is 18.0 Å². The van der Waals surface area contributed by atoms with Gasteiger partial charge in [-0.3, -0.25) is 9.69 Å². The highest BCUT2D eigenvalue weighted by molar-refractivity contribution is 5.95. The number of hydrogen-bond donors (Lipinski definition) is 2. The Kier molecular flexibility index (Phi) is 8.06. The summed E-state index contributed by atoms with van der Waals surface area (Å²) in [6.07, 6.45) is 1.97. The Balaban J connectivity index is 2.27. The molecule has 1 unspecified atom stereocenters. The maximum absolute atomic E-state index is 12.7. The Morgan fingerprint density at radius 2 is 2.00 bits per heavy atom. The number of carbonyl (C=O) groups excluding carboxylic acids is 2. The molecule has 1 aliphatic rings. The Bertz CT molecular complexity index is 789. The van der Waals surface area contributed by atoms with Crippen LogP contribution in [0, 0.1) is 0 Å². The first-order valence-electron chi connectivity index (χ1n) is 9.70. The summed E-state index contributed by atoms with van der Waals surface area (Å²) >= 11 is 0. The third kappa shape index (κ3) is 5.73. The standard InChI is InChI=1S/C21H28N2O6/c1-4-29-20(26)18-14(2)23(12-7-5-6-11-17(24)25)21(27)22-19(18)15-9-8-10-16(13-15)28-3/h8-10,13,19H,4-7,11-12H2,1-3H3,(H,22,27)(H,24,25). The van der Waals surface area contributed by atoms with Crippen molar-refractivity contribution in [2.24, 2.45) is 0 Å². The van der Waals surface area contributed by atoms with Gasteiger partial charge >= 0.3 is 18.0 Å². The Hall–Kier alpha value is -3.03. The summed E-state index contributed by atoms with van der Waals surface area (Å²) < 4.78 is 10.5. The molecular formula is C21H28N2O6. The van der Waals surface area contributed by atoms with Crippen LogP contribution in [-0.4, -0.2) is 48.2 Å². The molecule has 1 heterocycles. The van der Waals surface area contributed by atoms with Crippen LogP contribution in [0.4, 0.5) is 4.79 Å². The van der Waals surface area contributed by atoms with Gasteiger partial charge < -0.3 is 19.9 Å². The number of esters is 1. The minimum Gasteiger partial charge on any atom is -0.497 e. The predicted molar refractivity (Wildman–Crippen MR) is 106 cm³/mol. The average molecular weight is 404 g/mol. The second-order valence-electron chi connectivity index (χ2n) is 6.73. The number of carboxylic acids is 1. The summed E-state index contributed by atoms with van der Waals surface area (Å²) in [6, 6.07) is 6.24. The third-order valence-electron chi connectivity index (χ3n) is 4.79. The maximum Gasteiger partial charge on any atom is 0.338 e. The van der Waals surface area contributed by atoms with Gasteiger partial charge in [0.1, 0.15) is 5.75 Å². The molecule has 0 radical (unpaired) electrons. The highest BCUT2D eigenvalue weighted by atomic mass is 16.5. The van der Waals surface area contributed by atoms with Crippen LogP contribution in [0.25, 0.3) is 0 Å². The van der Waals surface area contributed by atoms with E-state index in [9.17, 15) is 14.4 Å². The van der Waals surface area contributed by atoms with E-state index in [4.69, 9.17) is 14.6 Å². The molecule has 1 aromatic carbocycles. The van der Waals surface area contributed by atoms with Crippen LogP contribution in [0.1, 0.15) is 51.1 Å². The number of methoxy groups -OCH3 is 1. The van der Waals surface area contributed by atoms with Gasteiger partial charge in [0.2, 0.25) is 0 Å². The quantitative estimate of drug-likeness (QED) is 0.458. The van der Waals surface area contributed by atoms with E-state index in [0.717, 1.165) is 5.56 Å². The molecule has 2 amide bonds. The molecule has 158 valence electrons. The monoisotopic (exact) mass is 404 g/mol. The molecule has 1 atom stereocenters.